The standard InChI is InChI=1S/C10H12BrClN2O/c11-9-4-7(12)5-14-10(9)15-8-2-1-3-13-6-8/h4-5,8,13H,1-3,6H2. The molecule has 0 radical (unpaired) electrons. The van der Waals surface area contributed by atoms with Crippen molar-refractivity contribution in [1.29, 1.82) is 0 Å². The minimum atomic E-state index is 0.212. The first-order chi connectivity index (χ1) is 7.25. The number of nitrogens with one attached hydrogen (secondary N) is 1. The maximum atomic E-state index is 5.80. The van der Waals surface area contributed by atoms with Crippen LogP contribution in [0, 0.1) is 0 Å². The second-order valence-corrected chi connectivity index (χ2v) is 4.82. The van der Waals surface area contributed by atoms with Crippen molar-refractivity contribution in [2.24, 2.45) is 0 Å². The normalized spacial score (nSPS) is 21.3. The maximum absolute atomic E-state index is 5.80. The molecule has 1 aromatic heterocycles. The Balaban J connectivity index is 2.03. The van der Waals surface area contributed by atoms with E-state index >= 15 is 0 Å². The van der Waals surface area contributed by atoms with Crippen LogP contribution in [0.25, 0.3) is 0 Å². The summed E-state index contributed by atoms with van der Waals surface area (Å²) in [6.07, 6.45) is 4.03. The fourth-order valence-corrected chi connectivity index (χ4v) is 2.30. The molecule has 15 heavy (non-hydrogen) atoms. The predicted molar refractivity (Wildman–Crippen MR) is 63.5 cm³/mol. The predicted octanol–water partition coefficient (Wildman–Crippen LogP) is 2.63. The van der Waals surface area contributed by atoms with Crippen molar-refractivity contribution in [3.63, 3.8) is 0 Å². The molecular formula is C10H12BrClN2O. The third kappa shape index (κ3) is 3.06. The van der Waals surface area contributed by atoms with Crippen LogP contribution in [0.3, 0.4) is 0 Å². The van der Waals surface area contributed by atoms with Crippen molar-refractivity contribution in [2.75, 3.05) is 13.1 Å². The molecule has 0 amide bonds. The van der Waals surface area contributed by atoms with Crippen molar-refractivity contribution in [1.82, 2.24) is 10.3 Å². The quantitative estimate of drug-likeness (QED) is 0.909. The molecule has 2 heterocycles. The Labute approximate surface area is 102 Å². The number of piperidine rings is 1. The first-order valence-electron chi connectivity index (χ1n) is 4.94. The van der Waals surface area contributed by atoms with E-state index in [9.17, 15) is 0 Å². The molecule has 0 saturated carbocycles. The molecule has 0 aliphatic carbocycles. The van der Waals surface area contributed by atoms with Crippen LogP contribution in [-0.4, -0.2) is 24.2 Å². The average molecular weight is 292 g/mol. The third-order valence-electron chi connectivity index (χ3n) is 2.30. The molecule has 1 aliphatic rings. The van der Waals surface area contributed by atoms with Gasteiger partial charge in [-0.2, -0.15) is 0 Å². The lowest BCUT2D eigenvalue weighted by Gasteiger charge is -2.23. The summed E-state index contributed by atoms with van der Waals surface area (Å²) in [6, 6.07) is 1.79. The Morgan fingerprint density at radius 3 is 3.13 bits per heavy atom. The third-order valence-corrected chi connectivity index (χ3v) is 3.08. The molecule has 1 unspecified atom stereocenters. The molecule has 1 saturated heterocycles. The maximum Gasteiger partial charge on any atom is 0.228 e. The lowest BCUT2D eigenvalue weighted by Crippen LogP contribution is -2.37. The van der Waals surface area contributed by atoms with Crippen molar-refractivity contribution < 1.29 is 4.74 Å². The zero-order chi connectivity index (χ0) is 10.7. The molecular weight excluding hydrogens is 279 g/mol. The van der Waals surface area contributed by atoms with Crippen molar-refractivity contribution in [3.8, 4) is 5.88 Å². The topological polar surface area (TPSA) is 34.1 Å². The molecule has 1 fully saturated rings. The molecule has 0 bridgehead atoms. The highest BCUT2D eigenvalue weighted by molar-refractivity contribution is 9.10. The van der Waals surface area contributed by atoms with Crippen molar-refractivity contribution in [3.05, 3.63) is 21.8 Å². The van der Waals surface area contributed by atoms with Gasteiger partial charge in [0.1, 0.15) is 6.10 Å². The van der Waals surface area contributed by atoms with Gasteiger partial charge in [-0.05, 0) is 41.4 Å². The number of hydrogen-bond acceptors (Lipinski definition) is 3. The summed E-state index contributed by atoms with van der Waals surface area (Å²) in [7, 11) is 0. The molecule has 1 atom stereocenters. The van der Waals surface area contributed by atoms with E-state index in [1.165, 1.54) is 0 Å². The summed E-state index contributed by atoms with van der Waals surface area (Å²) in [4.78, 5) is 4.14. The Morgan fingerprint density at radius 1 is 1.60 bits per heavy atom. The number of ether oxygens (including phenoxy) is 1. The largest absolute Gasteiger partial charge is 0.472 e. The molecule has 82 valence electrons. The molecule has 2 rings (SSSR count). The monoisotopic (exact) mass is 290 g/mol. The van der Waals surface area contributed by atoms with Gasteiger partial charge < -0.3 is 10.1 Å². The van der Waals surface area contributed by atoms with Crippen molar-refractivity contribution in [2.45, 2.75) is 18.9 Å². The minimum Gasteiger partial charge on any atom is -0.472 e. The fraction of sp³-hybridized carbons (Fsp3) is 0.500. The lowest BCUT2D eigenvalue weighted by atomic mass is 10.1. The van der Waals surface area contributed by atoms with Gasteiger partial charge in [0.25, 0.3) is 0 Å². The molecule has 3 nitrogen and oxygen atoms in total. The minimum absolute atomic E-state index is 0.212. The van der Waals surface area contributed by atoms with Gasteiger partial charge in [0.2, 0.25) is 5.88 Å². The average Bonchev–Trinajstić information content (AvgIpc) is 2.24. The molecule has 0 spiro atoms. The Bertz CT molecular complexity index is 342. The van der Waals surface area contributed by atoms with Gasteiger partial charge in [0.15, 0.2) is 0 Å². The van der Waals surface area contributed by atoms with Gasteiger partial charge >= 0.3 is 0 Å². The van der Waals surface area contributed by atoms with Gasteiger partial charge in [-0.25, -0.2) is 4.98 Å². The highest BCUT2D eigenvalue weighted by Crippen LogP contribution is 2.26. The van der Waals surface area contributed by atoms with Gasteiger partial charge in [-0.15, -0.1) is 0 Å². The van der Waals surface area contributed by atoms with Crippen LogP contribution in [0.1, 0.15) is 12.8 Å². The fourth-order valence-electron chi connectivity index (χ4n) is 1.57. The highest BCUT2D eigenvalue weighted by Gasteiger charge is 2.16. The van der Waals surface area contributed by atoms with Crippen molar-refractivity contribution >= 4 is 27.5 Å². The van der Waals surface area contributed by atoms with E-state index in [1.54, 1.807) is 12.3 Å². The lowest BCUT2D eigenvalue weighted by molar-refractivity contribution is 0.159. The SMILES string of the molecule is Clc1cnc(OC2CCCNC2)c(Br)c1. The molecule has 1 aromatic rings. The summed E-state index contributed by atoms with van der Waals surface area (Å²) < 4.78 is 6.57. The summed E-state index contributed by atoms with van der Waals surface area (Å²) in [5, 5.41) is 3.90. The number of pyridine rings is 1. The molecule has 1 N–H and O–H groups in total. The molecule has 1 aliphatic heterocycles. The van der Waals surface area contributed by atoms with Gasteiger partial charge in [-0.3, -0.25) is 0 Å². The van der Waals surface area contributed by atoms with E-state index in [2.05, 4.69) is 26.2 Å². The number of nitrogens with zero attached hydrogens (tertiary/aromatic N) is 1. The van der Waals surface area contributed by atoms with Crippen LogP contribution in [-0.2, 0) is 0 Å². The first kappa shape index (κ1) is 11.2. The summed E-state index contributed by atoms with van der Waals surface area (Å²) >= 11 is 9.18. The second kappa shape index (κ2) is 5.14. The highest BCUT2D eigenvalue weighted by atomic mass is 79.9. The van der Waals surface area contributed by atoms with E-state index in [0.29, 0.717) is 10.9 Å². The van der Waals surface area contributed by atoms with E-state index in [0.717, 1.165) is 30.4 Å². The first-order valence-corrected chi connectivity index (χ1v) is 6.11. The van der Waals surface area contributed by atoms with Gasteiger partial charge in [0.05, 0.1) is 9.50 Å². The van der Waals surface area contributed by atoms with E-state index in [4.69, 9.17) is 16.3 Å². The van der Waals surface area contributed by atoms with Gasteiger partial charge in [0, 0.05) is 12.7 Å². The zero-order valence-corrected chi connectivity index (χ0v) is 10.5. The van der Waals surface area contributed by atoms with Crippen LogP contribution in [0.2, 0.25) is 5.02 Å². The number of rotatable bonds is 2. The van der Waals surface area contributed by atoms with E-state index in [1.807, 2.05) is 0 Å². The van der Waals surface area contributed by atoms with E-state index < -0.39 is 0 Å². The van der Waals surface area contributed by atoms with Crippen LogP contribution in [0.5, 0.6) is 5.88 Å². The zero-order valence-electron chi connectivity index (χ0n) is 8.17. The smallest absolute Gasteiger partial charge is 0.228 e. The van der Waals surface area contributed by atoms with Gasteiger partial charge in [-0.1, -0.05) is 11.6 Å². The van der Waals surface area contributed by atoms with Crippen LogP contribution in [0.15, 0.2) is 16.7 Å². The van der Waals surface area contributed by atoms with Crippen LogP contribution in [0.4, 0.5) is 0 Å². The number of aromatic nitrogens is 1. The Kier molecular flexibility index (Phi) is 3.83. The Morgan fingerprint density at radius 2 is 2.47 bits per heavy atom. The number of hydrogen-bond donors (Lipinski definition) is 1. The Hall–Kier alpha value is -0.320. The second-order valence-electron chi connectivity index (χ2n) is 3.53. The van der Waals surface area contributed by atoms with E-state index in [-0.39, 0.29) is 6.10 Å². The molecule has 0 aromatic carbocycles. The summed E-state index contributed by atoms with van der Waals surface area (Å²) in [6.45, 7) is 1.96. The van der Waals surface area contributed by atoms with Crippen LogP contribution >= 0.6 is 27.5 Å². The summed E-state index contributed by atoms with van der Waals surface area (Å²) in [5.74, 6) is 0.619. The number of halogens is 2. The molecule has 5 heteroatoms. The summed E-state index contributed by atoms with van der Waals surface area (Å²) in [5.41, 5.74) is 0. The van der Waals surface area contributed by atoms with Crippen LogP contribution < -0.4 is 10.1 Å².